The molecule has 1 aliphatic heterocycles. The zero-order valence-corrected chi connectivity index (χ0v) is 15.4. The molecule has 0 saturated heterocycles. The van der Waals surface area contributed by atoms with Crippen molar-refractivity contribution in [2.45, 2.75) is 36.3 Å². The van der Waals surface area contributed by atoms with Crippen LogP contribution in [0.1, 0.15) is 31.2 Å². The van der Waals surface area contributed by atoms with E-state index in [9.17, 15) is 13.2 Å². The van der Waals surface area contributed by atoms with Gasteiger partial charge in [0.25, 0.3) is 10.0 Å². The molecule has 132 valence electrons. The lowest BCUT2D eigenvalue weighted by atomic mass is 10.1. The first kappa shape index (κ1) is 16.6. The smallest absolute Gasteiger partial charge is 0.271 e. The highest BCUT2D eigenvalue weighted by Gasteiger charge is 2.32. The van der Waals surface area contributed by atoms with E-state index in [4.69, 9.17) is 0 Å². The van der Waals surface area contributed by atoms with Crippen molar-refractivity contribution in [3.8, 4) is 0 Å². The predicted octanol–water partition coefficient (Wildman–Crippen LogP) is 3.63. The van der Waals surface area contributed by atoms with Gasteiger partial charge in [0, 0.05) is 18.2 Å². The molecule has 1 aromatic heterocycles. The number of hydrogen-bond donors (Lipinski definition) is 1. The minimum absolute atomic E-state index is 0.123. The second kappa shape index (κ2) is 6.46. The second-order valence-corrected chi connectivity index (χ2v) is 9.46. The second-order valence-electron chi connectivity index (χ2n) is 6.60. The van der Waals surface area contributed by atoms with Crippen LogP contribution < -0.4 is 9.62 Å². The molecule has 0 bridgehead atoms. The minimum atomic E-state index is -3.58. The molecule has 1 aliphatic carbocycles. The molecule has 0 spiro atoms. The van der Waals surface area contributed by atoms with Gasteiger partial charge in [0.1, 0.15) is 4.21 Å². The van der Waals surface area contributed by atoms with E-state index >= 15 is 0 Å². The molecule has 1 N–H and O–H groups in total. The third kappa shape index (κ3) is 3.18. The summed E-state index contributed by atoms with van der Waals surface area (Å²) in [5.74, 6) is 0.312. The summed E-state index contributed by atoms with van der Waals surface area (Å²) in [6, 6.07) is 8.78. The normalized spacial score (nSPS) is 17.7. The standard InChI is InChI=1S/C18H20N2O3S2/c21-18(14-4-1-2-5-14)20-10-9-13-7-8-15(12-16(13)20)19-25(22,23)17-6-3-11-24-17/h3,6-8,11-12,14,19H,1-2,4-5,9-10H2. The highest BCUT2D eigenvalue weighted by Crippen LogP contribution is 2.35. The van der Waals surface area contributed by atoms with Gasteiger partial charge in [-0.15, -0.1) is 11.3 Å². The largest absolute Gasteiger partial charge is 0.312 e. The summed E-state index contributed by atoms with van der Waals surface area (Å²) in [7, 11) is -3.58. The van der Waals surface area contributed by atoms with Crippen molar-refractivity contribution in [3.63, 3.8) is 0 Å². The molecule has 2 heterocycles. The first-order valence-electron chi connectivity index (χ1n) is 8.55. The minimum Gasteiger partial charge on any atom is -0.312 e. The number of carbonyl (C=O) groups excluding carboxylic acids is 1. The number of sulfonamides is 1. The monoisotopic (exact) mass is 376 g/mol. The average Bonchev–Trinajstić information content (AvgIpc) is 3.33. The van der Waals surface area contributed by atoms with E-state index in [-0.39, 0.29) is 16.0 Å². The Balaban J connectivity index is 1.59. The van der Waals surface area contributed by atoms with Gasteiger partial charge >= 0.3 is 0 Å². The molecule has 2 aliphatic rings. The zero-order chi connectivity index (χ0) is 17.4. The maximum Gasteiger partial charge on any atom is 0.271 e. The number of anilines is 2. The Morgan fingerprint density at radius 1 is 1.20 bits per heavy atom. The number of rotatable bonds is 4. The van der Waals surface area contributed by atoms with Crippen LogP contribution >= 0.6 is 11.3 Å². The molecule has 0 atom stereocenters. The van der Waals surface area contributed by atoms with Crippen LogP contribution in [-0.4, -0.2) is 20.9 Å². The van der Waals surface area contributed by atoms with Gasteiger partial charge < -0.3 is 4.90 Å². The Kier molecular flexibility index (Phi) is 4.29. The topological polar surface area (TPSA) is 66.5 Å². The van der Waals surface area contributed by atoms with Gasteiger partial charge in [0.2, 0.25) is 5.91 Å². The molecule has 7 heteroatoms. The summed E-state index contributed by atoms with van der Waals surface area (Å²) in [4.78, 5) is 14.6. The van der Waals surface area contributed by atoms with E-state index < -0.39 is 10.0 Å². The van der Waals surface area contributed by atoms with Crippen LogP contribution in [0.25, 0.3) is 0 Å². The number of thiophene rings is 1. The van der Waals surface area contributed by atoms with E-state index in [0.717, 1.165) is 43.4 Å². The summed E-state index contributed by atoms with van der Waals surface area (Å²) in [6.45, 7) is 0.686. The first-order valence-corrected chi connectivity index (χ1v) is 10.9. The highest BCUT2D eigenvalue weighted by molar-refractivity contribution is 7.94. The van der Waals surface area contributed by atoms with Crippen LogP contribution in [0.4, 0.5) is 11.4 Å². The van der Waals surface area contributed by atoms with Crippen LogP contribution in [0.15, 0.2) is 39.9 Å². The fraction of sp³-hybridized carbons (Fsp3) is 0.389. The summed E-state index contributed by atoms with van der Waals surface area (Å²) in [5, 5.41) is 1.74. The predicted molar refractivity (Wildman–Crippen MR) is 99.6 cm³/mol. The SMILES string of the molecule is O=C(C1CCCC1)N1CCc2ccc(NS(=O)(=O)c3cccs3)cc21. The lowest BCUT2D eigenvalue weighted by Gasteiger charge is -2.21. The van der Waals surface area contributed by atoms with Gasteiger partial charge in [0.15, 0.2) is 0 Å². The van der Waals surface area contributed by atoms with Crippen molar-refractivity contribution >= 4 is 38.6 Å². The van der Waals surface area contributed by atoms with E-state index in [2.05, 4.69) is 4.72 Å². The van der Waals surface area contributed by atoms with Crippen molar-refractivity contribution in [2.24, 2.45) is 5.92 Å². The van der Waals surface area contributed by atoms with Crippen molar-refractivity contribution in [1.29, 1.82) is 0 Å². The van der Waals surface area contributed by atoms with Crippen LogP contribution in [0.5, 0.6) is 0 Å². The van der Waals surface area contributed by atoms with E-state index in [1.54, 1.807) is 29.6 Å². The first-order chi connectivity index (χ1) is 12.0. The molecule has 1 amide bonds. The summed E-state index contributed by atoms with van der Waals surface area (Å²) in [5.41, 5.74) is 2.45. The summed E-state index contributed by atoms with van der Waals surface area (Å²) >= 11 is 1.18. The number of hydrogen-bond acceptors (Lipinski definition) is 4. The molecule has 1 fully saturated rings. The van der Waals surface area contributed by atoms with E-state index in [1.165, 1.54) is 11.3 Å². The fourth-order valence-electron chi connectivity index (χ4n) is 3.69. The number of nitrogens with zero attached hydrogens (tertiary/aromatic N) is 1. The Labute approximate surface area is 151 Å². The Morgan fingerprint density at radius 2 is 2.00 bits per heavy atom. The van der Waals surface area contributed by atoms with Crippen molar-refractivity contribution < 1.29 is 13.2 Å². The molecule has 1 aromatic carbocycles. The van der Waals surface area contributed by atoms with Crippen LogP contribution in [-0.2, 0) is 21.2 Å². The molecule has 0 unspecified atom stereocenters. The Morgan fingerprint density at radius 3 is 2.72 bits per heavy atom. The van der Waals surface area contributed by atoms with Crippen LogP contribution in [0.2, 0.25) is 0 Å². The molecular formula is C18H20N2O3S2. The van der Waals surface area contributed by atoms with Gasteiger partial charge in [-0.3, -0.25) is 9.52 Å². The number of nitrogens with one attached hydrogen (secondary N) is 1. The van der Waals surface area contributed by atoms with E-state index in [1.807, 2.05) is 11.0 Å². The van der Waals surface area contributed by atoms with Crippen LogP contribution in [0, 0.1) is 5.92 Å². The van der Waals surface area contributed by atoms with Gasteiger partial charge in [-0.1, -0.05) is 25.0 Å². The molecule has 1 saturated carbocycles. The van der Waals surface area contributed by atoms with Crippen molar-refractivity contribution in [3.05, 3.63) is 41.3 Å². The maximum absolute atomic E-state index is 12.8. The lowest BCUT2D eigenvalue weighted by Crippen LogP contribution is -2.33. The number of fused-ring (bicyclic) bond motifs is 1. The molecule has 0 radical (unpaired) electrons. The van der Waals surface area contributed by atoms with Crippen molar-refractivity contribution in [2.75, 3.05) is 16.2 Å². The number of benzene rings is 1. The molecule has 2 aromatic rings. The quantitative estimate of drug-likeness (QED) is 0.886. The fourth-order valence-corrected chi connectivity index (χ4v) is 5.73. The van der Waals surface area contributed by atoms with E-state index in [0.29, 0.717) is 12.2 Å². The summed E-state index contributed by atoms with van der Waals surface area (Å²) < 4.78 is 27.7. The average molecular weight is 377 g/mol. The van der Waals surface area contributed by atoms with Gasteiger partial charge in [0.05, 0.1) is 5.69 Å². The third-order valence-corrected chi connectivity index (χ3v) is 7.74. The molecular weight excluding hydrogens is 356 g/mol. The summed E-state index contributed by atoms with van der Waals surface area (Å²) in [6.07, 6.45) is 5.01. The maximum atomic E-state index is 12.8. The lowest BCUT2D eigenvalue weighted by molar-refractivity contribution is -0.122. The van der Waals surface area contributed by atoms with Gasteiger partial charge in [-0.05, 0) is 48.4 Å². The van der Waals surface area contributed by atoms with Gasteiger partial charge in [-0.2, -0.15) is 0 Å². The Bertz CT molecular complexity index is 885. The molecule has 25 heavy (non-hydrogen) atoms. The van der Waals surface area contributed by atoms with Gasteiger partial charge in [-0.25, -0.2) is 8.42 Å². The molecule has 4 rings (SSSR count). The number of amides is 1. The van der Waals surface area contributed by atoms with Crippen LogP contribution in [0.3, 0.4) is 0 Å². The van der Waals surface area contributed by atoms with Crippen molar-refractivity contribution in [1.82, 2.24) is 0 Å². The zero-order valence-electron chi connectivity index (χ0n) is 13.8. The highest BCUT2D eigenvalue weighted by atomic mass is 32.2. The molecule has 5 nitrogen and oxygen atoms in total. The third-order valence-electron chi connectivity index (χ3n) is 4.96. The Hall–Kier alpha value is -1.86. The number of carbonyl (C=O) groups is 1.